The topological polar surface area (TPSA) is 51.0 Å². The van der Waals surface area contributed by atoms with Gasteiger partial charge in [0, 0.05) is 15.9 Å². The molecule has 0 bridgehead atoms. The van der Waals surface area contributed by atoms with Crippen LogP contribution in [0.1, 0.15) is 12.3 Å². The van der Waals surface area contributed by atoms with E-state index >= 15 is 0 Å². The molecule has 0 saturated carbocycles. The highest BCUT2D eigenvalue weighted by molar-refractivity contribution is 9.10. The number of halogens is 2. The number of benzene rings is 1. The molecule has 0 saturated heterocycles. The zero-order valence-electron chi connectivity index (χ0n) is 9.91. The number of hydrogen-bond donors (Lipinski definition) is 1. The zero-order valence-corrected chi connectivity index (χ0v) is 12.3. The molecule has 18 heavy (non-hydrogen) atoms. The largest absolute Gasteiger partial charge is 0.421 e. The van der Waals surface area contributed by atoms with Gasteiger partial charge in [-0.25, -0.2) is 0 Å². The first-order valence-corrected chi connectivity index (χ1v) is 6.80. The first kappa shape index (κ1) is 13.5. The molecule has 0 amide bonds. The Morgan fingerprint density at radius 3 is 2.94 bits per heavy atom. The number of nitrogens with one attached hydrogen (secondary N) is 1. The third-order valence-corrected chi connectivity index (χ3v) is 3.34. The van der Waals surface area contributed by atoms with Crippen molar-refractivity contribution in [1.29, 1.82) is 0 Å². The summed E-state index contributed by atoms with van der Waals surface area (Å²) < 4.78 is 6.46. The number of aryl methyl sites for hydroxylation is 1. The predicted octanol–water partition coefficient (Wildman–Crippen LogP) is 3.30. The van der Waals surface area contributed by atoms with Crippen molar-refractivity contribution < 1.29 is 4.42 Å². The smallest absolute Gasteiger partial charge is 0.248 e. The monoisotopic (exact) mass is 329 g/mol. The van der Waals surface area contributed by atoms with Crippen LogP contribution in [0, 0.1) is 0 Å². The summed E-state index contributed by atoms with van der Waals surface area (Å²) in [4.78, 5) is 0. The van der Waals surface area contributed by atoms with E-state index in [1.165, 1.54) is 0 Å². The number of hydrogen-bond acceptors (Lipinski definition) is 4. The summed E-state index contributed by atoms with van der Waals surface area (Å²) in [7, 11) is 1.92. The van der Waals surface area contributed by atoms with Crippen molar-refractivity contribution in [2.75, 3.05) is 13.6 Å². The van der Waals surface area contributed by atoms with E-state index in [4.69, 9.17) is 16.0 Å². The molecule has 0 spiro atoms. The summed E-state index contributed by atoms with van der Waals surface area (Å²) in [5.74, 6) is 1.17. The Kier molecular flexibility index (Phi) is 4.74. The van der Waals surface area contributed by atoms with Gasteiger partial charge >= 0.3 is 0 Å². The van der Waals surface area contributed by atoms with Gasteiger partial charge in [-0.15, -0.1) is 10.2 Å². The average molecular weight is 331 g/mol. The van der Waals surface area contributed by atoms with Crippen LogP contribution in [0.25, 0.3) is 11.5 Å². The van der Waals surface area contributed by atoms with Gasteiger partial charge in [-0.2, -0.15) is 0 Å². The highest BCUT2D eigenvalue weighted by Crippen LogP contribution is 2.29. The Labute approximate surface area is 119 Å². The van der Waals surface area contributed by atoms with Crippen LogP contribution in [0.2, 0.25) is 5.02 Å². The summed E-state index contributed by atoms with van der Waals surface area (Å²) in [6.07, 6.45) is 1.75. The van der Waals surface area contributed by atoms with Crippen LogP contribution in [-0.2, 0) is 6.42 Å². The van der Waals surface area contributed by atoms with E-state index < -0.39 is 0 Å². The molecule has 0 radical (unpaired) electrons. The highest BCUT2D eigenvalue weighted by Gasteiger charge is 2.11. The van der Waals surface area contributed by atoms with E-state index in [0.29, 0.717) is 16.8 Å². The molecule has 0 fully saturated rings. The lowest BCUT2D eigenvalue weighted by atomic mass is 10.2. The second kappa shape index (κ2) is 6.31. The van der Waals surface area contributed by atoms with E-state index in [1.54, 1.807) is 6.07 Å². The second-order valence-corrected chi connectivity index (χ2v) is 5.12. The van der Waals surface area contributed by atoms with Crippen molar-refractivity contribution in [2.24, 2.45) is 0 Å². The average Bonchev–Trinajstić information content (AvgIpc) is 2.78. The Morgan fingerprint density at radius 2 is 2.22 bits per heavy atom. The van der Waals surface area contributed by atoms with Gasteiger partial charge in [-0.3, -0.25) is 0 Å². The number of nitrogens with zero attached hydrogens (tertiary/aromatic N) is 2. The molecular weight excluding hydrogens is 318 g/mol. The predicted molar refractivity (Wildman–Crippen MR) is 74.7 cm³/mol. The molecule has 2 aromatic rings. The molecule has 0 atom stereocenters. The van der Waals surface area contributed by atoms with E-state index in [1.807, 2.05) is 19.2 Å². The van der Waals surface area contributed by atoms with Gasteiger partial charge in [0.25, 0.3) is 0 Å². The first-order chi connectivity index (χ1) is 8.70. The lowest BCUT2D eigenvalue weighted by Gasteiger charge is -1.99. The van der Waals surface area contributed by atoms with E-state index in [9.17, 15) is 0 Å². The molecule has 1 aromatic carbocycles. The molecule has 96 valence electrons. The highest BCUT2D eigenvalue weighted by atomic mass is 79.9. The molecule has 0 unspecified atom stereocenters. The van der Waals surface area contributed by atoms with Crippen molar-refractivity contribution in [3.8, 4) is 11.5 Å². The molecule has 1 N–H and O–H groups in total. The first-order valence-electron chi connectivity index (χ1n) is 5.63. The molecule has 1 heterocycles. The van der Waals surface area contributed by atoms with Gasteiger partial charge in [-0.05, 0) is 54.1 Å². The lowest BCUT2D eigenvalue weighted by Crippen LogP contribution is -2.08. The molecule has 0 aliphatic carbocycles. The van der Waals surface area contributed by atoms with Crippen LogP contribution in [-0.4, -0.2) is 23.8 Å². The third kappa shape index (κ3) is 3.31. The summed E-state index contributed by atoms with van der Waals surface area (Å²) in [5, 5.41) is 11.8. The minimum absolute atomic E-state index is 0.512. The Balaban J connectivity index is 2.13. The summed E-state index contributed by atoms with van der Waals surface area (Å²) in [5.41, 5.74) is 0.853. The SMILES string of the molecule is CNCCCc1nnc(-c2ccc(Cl)cc2Br)o1. The minimum Gasteiger partial charge on any atom is -0.421 e. The lowest BCUT2D eigenvalue weighted by molar-refractivity contribution is 0.494. The van der Waals surface area contributed by atoms with Crippen LogP contribution < -0.4 is 5.32 Å². The maximum absolute atomic E-state index is 5.89. The van der Waals surface area contributed by atoms with E-state index in [-0.39, 0.29) is 0 Å². The van der Waals surface area contributed by atoms with Crippen LogP contribution >= 0.6 is 27.5 Å². The zero-order chi connectivity index (χ0) is 13.0. The minimum atomic E-state index is 0.512. The number of aromatic nitrogens is 2. The van der Waals surface area contributed by atoms with Crippen molar-refractivity contribution in [1.82, 2.24) is 15.5 Å². The summed E-state index contributed by atoms with van der Waals surface area (Å²) in [6, 6.07) is 5.46. The maximum Gasteiger partial charge on any atom is 0.248 e. The molecule has 0 aliphatic rings. The van der Waals surface area contributed by atoms with Gasteiger partial charge in [0.15, 0.2) is 0 Å². The fraction of sp³-hybridized carbons (Fsp3) is 0.333. The van der Waals surface area contributed by atoms with Crippen LogP contribution in [0.4, 0.5) is 0 Å². The third-order valence-electron chi connectivity index (χ3n) is 2.45. The van der Waals surface area contributed by atoms with Crippen LogP contribution in [0.3, 0.4) is 0 Å². The fourth-order valence-corrected chi connectivity index (χ4v) is 2.40. The number of rotatable bonds is 5. The second-order valence-electron chi connectivity index (χ2n) is 3.83. The van der Waals surface area contributed by atoms with Gasteiger partial charge in [-0.1, -0.05) is 11.6 Å². The molecule has 6 heteroatoms. The van der Waals surface area contributed by atoms with Crippen molar-refractivity contribution >= 4 is 27.5 Å². The molecule has 2 rings (SSSR count). The van der Waals surface area contributed by atoms with Crippen molar-refractivity contribution in [2.45, 2.75) is 12.8 Å². The molecule has 4 nitrogen and oxygen atoms in total. The van der Waals surface area contributed by atoms with Gasteiger partial charge in [0.2, 0.25) is 11.8 Å². The summed E-state index contributed by atoms with van der Waals surface area (Å²) >= 11 is 9.33. The summed E-state index contributed by atoms with van der Waals surface area (Å²) in [6.45, 7) is 0.933. The fourth-order valence-electron chi connectivity index (χ4n) is 1.54. The van der Waals surface area contributed by atoms with Crippen LogP contribution in [0.15, 0.2) is 27.1 Å². The van der Waals surface area contributed by atoms with E-state index in [2.05, 4.69) is 31.4 Å². The van der Waals surface area contributed by atoms with Gasteiger partial charge in [0.1, 0.15) is 0 Å². The van der Waals surface area contributed by atoms with Gasteiger partial charge in [0.05, 0.1) is 5.56 Å². The molecule has 0 aliphatic heterocycles. The van der Waals surface area contributed by atoms with Crippen LogP contribution in [0.5, 0.6) is 0 Å². The maximum atomic E-state index is 5.89. The molecular formula is C12H13BrClN3O. The Morgan fingerprint density at radius 1 is 1.39 bits per heavy atom. The van der Waals surface area contributed by atoms with E-state index in [0.717, 1.165) is 29.4 Å². The standard InChI is InChI=1S/C12H13BrClN3O/c1-15-6-2-3-11-16-17-12(18-11)9-5-4-8(14)7-10(9)13/h4-5,7,15H,2-3,6H2,1H3. The quantitative estimate of drug-likeness (QED) is 0.855. The Bertz CT molecular complexity index is 530. The Hall–Kier alpha value is -0.910. The van der Waals surface area contributed by atoms with Crippen molar-refractivity contribution in [3.05, 3.63) is 33.6 Å². The van der Waals surface area contributed by atoms with Gasteiger partial charge < -0.3 is 9.73 Å². The normalized spacial score (nSPS) is 10.8. The van der Waals surface area contributed by atoms with Crippen molar-refractivity contribution in [3.63, 3.8) is 0 Å². The molecule has 1 aromatic heterocycles.